The summed E-state index contributed by atoms with van der Waals surface area (Å²) in [6, 6.07) is 0. The number of anilines is 1. The number of hydrogen-bond donors (Lipinski definition) is 2. The molecule has 0 unspecified atom stereocenters. The highest BCUT2D eigenvalue weighted by Crippen LogP contribution is 2.39. The van der Waals surface area contributed by atoms with Gasteiger partial charge in [0.25, 0.3) is 0 Å². The number of aryl methyl sites for hydroxylation is 2. The molecule has 82 valence electrons. The van der Waals surface area contributed by atoms with E-state index in [1.807, 2.05) is 0 Å². The van der Waals surface area contributed by atoms with Crippen molar-refractivity contribution in [3.63, 3.8) is 0 Å². The van der Waals surface area contributed by atoms with Crippen LogP contribution in [0.3, 0.4) is 0 Å². The van der Waals surface area contributed by atoms with Crippen LogP contribution >= 0.6 is 0 Å². The van der Waals surface area contributed by atoms with Crippen LogP contribution in [0.4, 0.5) is 5.82 Å². The molecule has 2 rings (SSSR count). The largest absolute Gasteiger partial charge is 0.477 e. The third-order valence-corrected chi connectivity index (χ3v) is 2.86. The number of aromatic carboxylic acids is 1. The van der Waals surface area contributed by atoms with Gasteiger partial charge in [0.2, 0.25) is 0 Å². The number of carboxylic acids is 1. The molecule has 0 bridgehead atoms. The molecule has 1 aliphatic rings. The molecule has 0 amide bonds. The molecule has 5 heteroatoms. The maximum atomic E-state index is 11.1. The number of nitrogens with zero attached hydrogens (tertiary/aromatic N) is 2. The van der Waals surface area contributed by atoms with Crippen molar-refractivity contribution in [1.82, 2.24) is 9.78 Å². The minimum Gasteiger partial charge on any atom is -0.477 e. The van der Waals surface area contributed by atoms with Crippen molar-refractivity contribution >= 4 is 11.8 Å². The molecule has 0 saturated heterocycles. The summed E-state index contributed by atoms with van der Waals surface area (Å²) < 4.78 is 1.60. The molecule has 0 atom stereocenters. The topological polar surface area (TPSA) is 67.2 Å². The number of nitrogens with one attached hydrogen (secondary N) is 1. The van der Waals surface area contributed by atoms with Gasteiger partial charge in [-0.15, -0.1) is 0 Å². The van der Waals surface area contributed by atoms with Gasteiger partial charge in [0.15, 0.2) is 0 Å². The molecule has 2 N–H and O–H groups in total. The summed E-state index contributed by atoms with van der Waals surface area (Å²) >= 11 is 0. The third kappa shape index (κ3) is 1.69. The normalized spacial score (nSPS) is 17.5. The molecule has 0 aliphatic heterocycles. The van der Waals surface area contributed by atoms with Crippen LogP contribution in [0.25, 0.3) is 0 Å². The Balaban J connectivity index is 2.39. The first-order valence-corrected chi connectivity index (χ1v) is 4.98. The number of carboxylic acid groups (broad SMARTS) is 1. The molecule has 0 radical (unpaired) electrons. The van der Waals surface area contributed by atoms with E-state index in [0.717, 1.165) is 12.8 Å². The lowest BCUT2D eigenvalue weighted by Crippen LogP contribution is -2.20. The second-order valence-corrected chi connectivity index (χ2v) is 4.42. The van der Waals surface area contributed by atoms with Crippen molar-refractivity contribution in [2.75, 3.05) is 5.32 Å². The minimum absolute atomic E-state index is 0.0600. The fraction of sp³-hybridized carbons (Fsp3) is 0.600. The molecule has 1 heterocycles. The number of carbonyl (C=O) groups is 1. The van der Waals surface area contributed by atoms with Gasteiger partial charge in [0.1, 0.15) is 11.4 Å². The Hall–Kier alpha value is -1.52. The van der Waals surface area contributed by atoms with Gasteiger partial charge in [-0.05, 0) is 26.7 Å². The van der Waals surface area contributed by atoms with Crippen molar-refractivity contribution in [3.8, 4) is 0 Å². The first-order chi connectivity index (χ1) is 6.93. The van der Waals surface area contributed by atoms with Gasteiger partial charge >= 0.3 is 5.97 Å². The van der Waals surface area contributed by atoms with Gasteiger partial charge in [-0.2, -0.15) is 5.10 Å². The molecule has 1 aliphatic carbocycles. The highest BCUT2D eigenvalue weighted by molar-refractivity contribution is 5.94. The van der Waals surface area contributed by atoms with Crippen LogP contribution in [0, 0.1) is 6.92 Å². The van der Waals surface area contributed by atoms with E-state index in [1.54, 1.807) is 18.7 Å². The zero-order valence-corrected chi connectivity index (χ0v) is 9.16. The van der Waals surface area contributed by atoms with Crippen LogP contribution < -0.4 is 5.32 Å². The predicted molar refractivity (Wildman–Crippen MR) is 56.2 cm³/mol. The quantitative estimate of drug-likeness (QED) is 0.789. The highest BCUT2D eigenvalue weighted by atomic mass is 16.4. The summed E-state index contributed by atoms with van der Waals surface area (Å²) in [6.45, 7) is 3.80. The van der Waals surface area contributed by atoms with Crippen LogP contribution in [-0.4, -0.2) is 26.4 Å². The number of hydrogen-bond acceptors (Lipinski definition) is 3. The SMILES string of the molecule is Cc1nn(C)c(NC2(C)CC2)c1C(=O)O. The van der Waals surface area contributed by atoms with E-state index < -0.39 is 5.97 Å². The Bertz CT molecular complexity index is 419. The first-order valence-electron chi connectivity index (χ1n) is 4.98. The standard InChI is InChI=1S/C10H15N3O2/c1-6-7(9(14)15)8(13(3)12-6)11-10(2)4-5-10/h11H,4-5H2,1-3H3,(H,14,15). The van der Waals surface area contributed by atoms with E-state index >= 15 is 0 Å². The van der Waals surface area contributed by atoms with Gasteiger partial charge < -0.3 is 10.4 Å². The lowest BCUT2D eigenvalue weighted by molar-refractivity contribution is 0.0697. The van der Waals surface area contributed by atoms with Crippen LogP contribution in [0.1, 0.15) is 35.8 Å². The van der Waals surface area contributed by atoms with Crippen molar-refractivity contribution in [2.24, 2.45) is 7.05 Å². The lowest BCUT2D eigenvalue weighted by Gasteiger charge is -2.13. The van der Waals surface area contributed by atoms with Gasteiger partial charge in [-0.3, -0.25) is 4.68 Å². The van der Waals surface area contributed by atoms with E-state index in [-0.39, 0.29) is 11.1 Å². The maximum Gasteiger partial charge on any atom is 0.341 e. The van der Waals surface area contributed by atoms with Gasteiger partial charge in [0, 0.05) is 12.6 Å². The number of rotatable bonds is 3. The molecule has 5 nitrogen and oxygen atoms in total. The van der Waals surface area contributed by atoms with Gasteiger partial charge in [0.05, 0.1) is 5.69 Å². The molecule has 1 fully saturated rings. The van der Waals surface area contributed by atoms with Crippen molar-refractivity contribution < 1.29 is 9.90 Å². The molecule has 0 aromatic carbocycles. The fourth-order valence-corrected chi connectivity index (χ4v) is 1.66. The molecule has 1 aromatic rings. The Kier molecular flexibility index (Phi) is 1.99. The zero-order chi connectivity index (χ0) is 11.2. The van der Waals surface area contributed by atoms with Crippen LogP contribution in [0.15, 0.2) is 0 Å². The Labute approximate surface area is 88.1 Å². The van der Waals surface area contributed by atoms with Crippen LogP contribution in [0.2, 0.25) is 0 Å². The van der Waals surface area contributed by atoms with E-state index in [0.29, 0.717) is 11.5 Å². The van der Waals surface area contributed by atoms with Crippen molar-refractivity contribution in [2.45, 2.75) is 32.2 Å². The third-order valence-electron chi connectivity index (χ3n) is 2.86. The Morgan fingerprint density at radius 3 is 2.67 bits per heavy atom. The number of aromatic nitrogens is 2. The highest BCUT2D eigenvalue weighted by Gasteiger charge is 2.39. The maximum absolute atomic E-state index is 11.1. The molecule has 0 spiro atoms. The van der Waals surface area contributed by atoms with Gasteiger partial charge in [-0.25, -0.2) is 4.79 Å². The minimum atomic E-state index is -0.924. The van der Waals surface area contributed by atoms with Crippen LogP contribution in [0.5, 0.6) is 0 Å². The van der Waals surface area contributed by atoms with Crippen molar-refractivity contribution in [3.05, 3.63) is 11.3 Å². The van der Waals surface area contributed by atoms with E-state index in [1.165, 1.54) is 0 Å². The predicted octanol–water partition coefficient (Wildman–Crippen LogP) is 1.39. The Morgan fingerprint density at radius 1 is 1.60 bits per heavy atom. The molecule has 1 saturated carbocycles. The second-order valence-electron chi connectivity index (χ2n) is 4.42. The molecule has 15 heavy (non-hydrogen) atoms. The van der Waals surface area contributed by atoms with E-state index in [2.05, 4.69) is 17.3 Å². The second kappa shape index (κ2) is 2.98. The summed E-state index contributed by atoms with van der Waals surface area (Å²) in [7, 11) is 1.76. The fourth-order valence-electron chi connectivity index (χ4n) is 1.66. The summed E-state index contributed by atoms with van der Waals surface area (Å²) in [6.07, 6.45) is 2.16. The monoisotopic (exact) mass is 209 g/mol. The summed E-state index contributed by atoms with van der Waals surface area (Å²) in [4.78, 5) is 11.1. The van der Waals surface area contributed by atoms with Crippen molar-refractivity contribution in [1.29, 1.82) is 0 Å². The summed E-state index contributed by atoms with van der Waals surface area (Å²) in [5.74, 6) is -0.313. The average molecular weight is 209 g/mol. The van der Waals surface area contributed by atoms with Gasteiger partial charge in [-0.1, -0.05) is 0 Å². The average Bonchev–Trinajstić information content (AvgIpc) is 2.74. The summed E-state index contributed by atoms with van der Waals surface area (Å²) in [5, 5.41) is 16.5. The van der Waals surface area contributed by atoms with E-state index in [4.69, 9.17) is 5.11 Å². The lowest BCUT2D eigenvalue weighted by atomic mass is 10.2. The molecule has 1 aromatic heterocycles. The zero-order valence-electron chi connectivity index (χ0n) is 9.16. The van der Waals surface area contributed by atoms with E-state index in [9.17, 15) is 4.79 Å². The first kappa shape index (κ1) is 10.0. The smallest absolute Gasteiger partial charge is 0.341 e. The summed E-state index contributed by atoms with van der Waals surface area (Å²) in [5.41, 5.74) is 0.895. The Morgan fingerprint density at radius 2 is 2.20 bits per heavy atom. The van der Waals surface area contributed by atoms with Crippen LogP contribution in [-0.2, 0) is 7.05 Å². The molecular weight excluding hydrogens is 194 g/mol. The molecular formula is C10H15N3O2.